The van der Waals surface area contributed by atoms with Gasteiger partial charge in [-0.05, 0) is 37.0 Å². The van der Waals surface area contributed by atoms with Crippen LogP contribution in [0.5, 0.6) is 0 Å². The Morgan fingerprint density at radius 3 is 2.22 bits per heavy atom. The Balaban J connectivity index is 2.06. The van der Waals surface area contributed by atoms with Crippen molar-refractivity contribution in [3.05, 3.63) is 0 Å². The third-order valence-corrected chi connectivity index (χ3v) is 3.11. The predicted molar refractivity (Wildman–Crippen MR) is 38.0 cm³/mol. The molecule has 1 nitrogen and oxygen atoms in total. The van der Waals surface area contributed by atoms with Gasteiger partial charge in [-0.15, -0.1) is 0 Å². The molecule has 2 atom stereocenters. The Hall–Kier alpha value is -0.0400. The summed E-state index contributed by atoms with van der Waals surface area (Å²) in [4.78, 5) is 0. The minimum atomic E-state index is 0.521. The third kappa shape index (κ3) is 0.787. The molecular formula is C8H15N. The lowest BCUT2D eigenvalue weighted by atomic mass is 10.0. The van der Waals surface area contributed by atoms with E-state index in [0.717, 1.165) is 11.3 Å². The van der Waals surface area contributed by atoms with Gasteiger partial charge in [0.05, 0.1) is 0 Å². The Labute approximate surface area is 56.6 Å². The van der Waals surface area contributed by atoms with E-state index in [1.165, 1.54) is 25.7 Å². The molecule has 0 amide bonds. The quantitative estimate of drug-likeness (QED) is 0.522. The van der Waals surface area contributed by atoms with E-state index >= 15 is 0 Å². The van der Waals surface area contributed by atoms with Gasteiger partial charge < -0.3 is 5.73 Å². The zero-order chi connectivity index (χ0) is 6.48. The van der Waals surface area contributed by atoms with E-state index in [1.807, 2.05) is 0 Å². The Kier molecular flexibility index (Phi) is 0.963. The summed E-state index contributed by atoms with van der Waals surface area (Å²) in [5.74, 6) is 0.799. The first kappa shape index (κ1) is 5.72. The standard InChI is InChI=1S/C8H15N/c1-6-4-8(2-3-8)5-7(6)9/h6-7H,2-5,9H2,1H3. The molecule has 52 valence electrons. The van der Waals surface area contributed by atoms with Gasteiger partial charge in [-0.25, -0.2) is 0 Å². The third-order valence-electron chi connectivity index (χ3n) is 3.11. The average molecular weight is 125 g/mol. The maximum Gasteiger partial charge on any atom is 0.00700 e. The molecule has 9 heavy (non-hydrogen) atoms. The summed E-state index contributed by atoms with van der Waals surface area (Å²) in [6.07, 6.45) is 5.65. The Morgan fingerprint density at radius 2 is 2.00 bits per heavy atom. The van der Waals surface area contributed by atoms with Crippen molar-refractivity contribution < 1.29 is 0 Å². The highest BCUT2D eigenvalue weighted by atomic mass is 14.7. The van der Waals surface area contributed by atoms with Gasteiger partial charge in [0.1, 0.15) is 0 Å². The minimum absolute atomic E-state index is 0.521. The molecular weight excluding hydrogens is 110 g/mol. The molecule has 2 rings (SSSR count). The van der Waals surface area contributed by atoms with Crippen molar-refractivity contribution in [1.82, 2.24) is 0 Å². The fourth-order valence-electron chi connectivity index (χ4n) is 2.20. The zero-order valence-electron chi connectivity index (χ0n) is 6.06. The lowest BCUT2D eigenvalue weighted by molar-refractivity contribution is 0.498. The monoisotopic (exact) mass is 125 g/mol. The van der Waals surface area contributed by atoms with Crippen LogP contribution in [0.1, 0.15) is 32.6 Å². The van der Waals surface area contributed by atoms with Crippen LogP contribution in [0.4, 0.5) is 0 Å². The highest BCUT2D eigenvalue weighted by Crippen LogP contribution is 2.58. The van der Waals surface area contributed by atoms with Crippen molar-refractivity contribution in [2.24, 2.45) is 17.1 Å². The van der Waals surface area contributed by atoms with Crippen LogP contribution in [0.25, 0.3) is 0 Å². The Bertz CT molecular complexity index is 115. The topological polar surface area (TPSA) is 26.0 Å². The molecule has 2 fully saturated rings. The number of hydrogen-bond donors (Lipinski definition) is 1. The average Bonchev–Trinajstić information content (AvgIpc) is 2.42. The van der Waals surface area contributed by atoms with Gasteiger partial charge in [-0.2, -0.15) is 0 Å². The Morgan fingerprint density at radius 1 is 1.33 bits per heavy atom. The zero-order valence-corrected chi connectivity index (χ0v) is 6.06. The van der Waals surface area contributed by atoms with Crippen LogP contribution in [-0.4, -0.2) is 6.04 Å². The van der Waals surface area contributed by atoms with Gasteiger partial charge in [-0.1, -0.05) is 6.92 Å². The van der Waals surface area contributed by atoms with Crippen LogP contribution in [0.2, 0.25) is 0 Å². The first-order chi connectivity index (χ1) is 4.22. The molecule has 1 spiro atoms. The van der Waals surface area contributed by atoms with Crippen molar-refractivity contribution in [1.29, 1.82) is 0 Å². The molecule has 2 N–H and O–H groups in total. The summed E-state index contributed by atoms with van der Waals surface area (Å²) in [5, 5.41) is 0. The van der Waals surface area contributed by atoms with Crippen molar-refractivity contribution in [2.75, 3.05) is 0 Å². The van der Waals surface area contributed by atoms with Gasteiger partial charge in [0, 0.05) is 6.04 Å². The summed E-state index contributed by atoms with van der Waals surface area (Å²) in [6.45, 7) is 2.29. The van der Waals surface area contributed by atoms with Gasteiger partial charge in [-0.3, -0.25) is 0 Å². The maximum absolute atomic E-state index is 5.89. The van der Waals surface area contributed by atoms with Crippen molar-refractivity contribution in [3.8, 4) is 0 Å². The minimum Gasteiger partial charge on any atom is -0.327 e. The lowest BCUT2D eigenvalue weighted by Gasteiger charge is -2.05. The molecule has 0 bridgehead atoms. The number of nitrogens with two attached hydrogens (primary N) is 1. The summed E-state index contributed by atoms with van der Waals surface area (Å²) in [5.41, 5.74) is 6.66. The second-order valence-corrected chi connectivity index (χ2v) is 4.05. The second kappa shape index (κ2) is 1.51. The van der Waals surface area contributed by atoms with E-state index in [9.17, 15) is 0 Å². The molecule has 0 aromatic rings. The molecule has 2 unspecified atom stereocenters. The van der Waals surface area contributed by atoms with E-state index in [0.29, 0.717) is 6.04 Å². The van der Waals surface area contributed by atoms with Gasteiger partial charge in [0.2, 0.25) is 0 Å². The highest BCUT2D eigenvalue weighted by Gasteiger charge is 2.49. The van der Waals surface area contributed by atoms with Crippen LogP contribution in [0.15, 0.2) is 0 Å². The van der Waals surface area contributed by atoms with Crippen LogP contribution in [0.3, 0.4) is 0 Å². The highest BCUT2D eigenvalue weighted by molar-refractivity contribution is 5.03. The largest absolute Gasteiger partial charge is 0.327 e. The normalized spacial score (nSPS) is 46.0. The summed E-state index contributed by atoms with van der Waals surface area (Å²) in [7, 11) is 0. The first-order valence-electron chi connectivity index (χ1n) is 3.97. The first-order valence-corrected chi connectivity index (χ1v) is 3.97. The van der Waals surface area contributed by atoms with Gasteiger partial charge >= 0.3 is 0 Å². The fraction of sp³-hybridized carbons (Fsp3) is 1.00. The van der Waals surface area contributed by atoms with Crippen molar-refractivity contribution >= 4 is 0 Å². The molecule has 2 saturated carbocycles. The van der Waals surface area contributed by atoms with Crippen LogP contribution in [-0.2, 0) is 0 Å². The molecule has 0 saturated heterocycles. The fourth-order valence-corrected chi connectivity index (χ4v) is 2.20. The van der Waals surface area contributed by atoms with E-state index in [2.05, 4.69) is 6.92 Å². The number of rotatable bonds is 0. The smallest absolute Gasteiger partial charge is 0.00700 e. The molecule has 0 heterocycles. The van der Waals surface area contributed by atoms with Crippen LogP contribution in [0, 0.1) is 11.3 Å². The predicted octanol–water partition coefficient (Wildman–Crippen LogP) is 1.52. The van der Waals surface area contributed by atoms with Gasteiger partial charge in [0.25, 0.3) is 0 Å². The molecule has 0 radical (unpaired) electrons. The van der Waals surface area contributed by atoms with Crippen LogP contribution >= 0.6 is 0 Å². The molecule has 2 aliphatic carbocycles. The summed E-state index contributed by atoms with van der Waals surface area (Å²) in [6, 6.07) is 0.521. The molecule has 1 heteroatoms. The number of hydrogen-bond acceptors (Lipinski definition) is 1. The van der Waals surface area contributed by atoms with Crippen molar-refractivity contribution in [3.63, 3.8) is 0 Å². The molecule has 2 aliphatic rings. The van der Waals surface area contributed by atoms with E-state index in [4.69, 9.17) is 5.73 Å². The van der Waals surface area contributed by atoms with Crippen molar-refractivity contribution in [2.45, 2.75) is 38.6 Å². The molecule has 0 aliphatic heterocycles. The van der Waals surface area contributed by atoms with E-state index < -0.39 is 0 Å². The molecule has 0 aromatic heterocycles. The SMILES string of the molecule is CC1CC2(CC2)CC1N. The lowest BCUT2D eigenvalue weighted by Crippen LogP contribution is -2.21. The summed E-state index contributed by atoms with van der Waals surface area (Å²) < 4.78 is 0. The second-order valence-electron chi connectivity index (χ2n) is 4.05. The maximum atomic E-state index is 5.89. The molecule has 0 aromatic carbocycles. The van der Waals surface area contributed by atoms with E-state index in [1.54, 1.807) is 0 Å². The van der Waals surface area contributed by atoms with Gasteiger partial charge in [0.15, 0.2) is 0 Å². The summed E-state index contributed by atoms with van der Waals surface area (Å²) >= 11 is 0. The van der Waals surface area contributed by atoms with Crippen LogP contribution < -0.4 is 5.73 Å². The van der Waals surface area contributed by atoms with E-state index in [-0.39, 0.29) is 0 Å².